The third-order valence-electron chi connectivity index (χ3n) is 5.87. The summed E-state index contributed by atoms with van der Waals surface area (Å²) in [5, 5.41) is 7.82. The number of rotatable bonds is 6. The molecule has 1 aliphatic heterocycles. The van der Waals surface area contributed by atoms with Crippen LogP contribution in [-0.4, -0.2) is 54.1 Å². The molecule has 4 aromatic rings. The molecule has 1 saturated heterocycles. The Hall–Kier alpha value is -3.27. The van der Waals surface area contributed by atoms with Crippen molar-refractivity contribution < 1.29 is 8.42 Å². The smallest absolute Gasteiger partial charge is 0.240 e. The maximum absolute atomic E-state index is 12.8. The molecule has 2 N–H and O–H groups in total. The molecule has 0 aliphatic carbocycles. The number of anilines is 2. The topological polar surface area (TPSA) is 91.6 Å². The Morgan fingerprint density at radius 2 is 1.82 bits per heavy atom. The molecule has 1 aliphatic rings. The molecular weight excluding hydrogens is 436 g/mol. The lowest BCUT2D eigenvalue weighted by molar-refractivity contribution is 0.407. The van der Waals surface area contributed by atoms with Gasteiger partial charge in [-0.2, -0.15) is 9.61 Å². The average molecular weight is 463 g/mol. The Morgan fingerprint density at radius 1 is 1.06 bits per heavy atom. The van der Waals surface area contributed by atoms with Crippen LogP contribution in [0.15, 0.2) is 71.8 Å². The van der Waals surface area contributed by atoms with Crippen LogP contribution in [0.4, 0.5) is 11.5 Å². The van der Waals surface area contributed by atoms with Gasteiger partial charge in [0, 0.05) is 35.5 Å². The monoisotopic (exact) mass is 462 g/mol. The van der Waals surface area contributed by atoms with Crippen molar-refractivity contribution in [3.8, 4) is 11.3 Å². The summed E-state index contributed by atoms with van der Waals surface area (Å²) in [5.41, 5.74) is 4.34. The second kappa shape index (κ2) is 8.58. The molecule has 0 spiro atoms. The van der Waals surface area contributed by atoms with Gasteiger partial charge in [0.05, 0.1) is 16.8 Å². The minimum Gasteiger partial charge on any atom is -0.340 e. The van der Waals surface area contributed by atoms with Gasteiger partial charge in [-0.25, -0.2) is 18.1 Å². The zero-order valence-corrected chi connectivity index (χ0v) is 19.4. The van der Waals surface area contributed by atoms with E-state index in [9.17, 15) is 8.42 Å². The Bertz CT molecular complexity index is 1380. The van der Waals surface area contributed by atoms with Gasteiger partial charge in [0.2, 0.25) is 10.0 Å². The van der Waals surface area contributed by atoms with Gasteiger partial charge in [0.15, 0.2) is 5.65 Å². The maximum Gasteiger partial charge on any atom is 0.240 e. The molecule has 2 aromatic heterocycles. The summed E-state index contributed by atoms with van der Waals surface area (Å²) in [6, 6.07) is 18.6. The Labute approximate surface area is 193 Å². The molecule has 9 heteroatoms. The largest absolute Gasteiger partial charge is 0.340 e. The molecule has 33 heavy (non-hydrogen) atoms. The van der Waals surface area contributed by atoms with Crippen molar-refractivity contribution in [3.63, 3.8) is 0 Å². The number of aryl methyl sites for hydroxylation is 1. The lowest BCUT2D eigenvalue weighted by atomic mass is 10.1. The summed E-state index contributed by atoms with van der Waals surface area (Å²) in [7, 11) is -1.57. The molecule has 0 saturated carbocycles. The first-order valence-corrected chi connectivity index (χ1v) is 12.4. The van der Waals surface area contributed by atoms with Crippen molar-refractivity contribution >= 4 is 27.2 Å². The van der Waals surface area contributed by atoms with Crippen LogP contribution < -0.4 is 10.0 Å². The van der Waals surface area contributed by atoms with Crippen molar-refractivity contribution in [2.24, 2.45) is 0 Å². The number of aromatic nitrogens is 3. The molecule has 1 atom stereocenters. The van der Waals surface area contributed by atoms with E-state index in [4.69, 9.17) is 4.98 Å². The lowest BCUT2D eigenvalue weighted by Gasteiger charge is -2.14. The van der Waals surface area contributed by atoms with Gasteiger partial charge in [-0.1, -0.05) is 30.3 Å². The van der Waals surface area contributed by atoms with Crippen LogP contribution >= 0.6 is 0 Å². The number of likely N-dealkylation sites (tertiary alicyclic amines) is 1. The van der Waals surface area contributed by atoms with E-state index >= 15 is 0 Å². The summed E-state index contributed by atoms with van der Waals surface area (Å²) >= 11 is 0. The van der Waals surface area contributed by atoms with E-state index in [0.29, 0.717) is 0 Å². The molecule has 1 unspecified atom stereocenters. The van der Waals surface area contributed by atoms with Gasteiger partial charge < -0.3 is 10.2 Å². The van der Waals surface area contributed by atoms with Crippen LogP contribution in [0.25, 0.3) is 16.9 Å². The van der Waals surface area contributed by atoms with E-state index in [1.54, 1.807) is 35.0 Å². The fraction of sp³-hybridized carbons (Fsp3) is 0.250. The van der Waals surface area contributed by atoms with Gasteiger partial charge in [0.1, 0.15) is 5.82 Å². The second-order valence-corrected chi connectivity index (χ2v) is 10.2. The third kappa shape index (κ3) is 4.47. The highest BCUT2D eigenvalue weighted by atomic mass is 32.2. The molecule has 0 radical (unpaired) electrons. The minimum atomic E-state index is -3.56. The van der Waals surface area contributed by atoms with Gasteiger partial charge in [0.25, 0.3) is 0 Å². The van der Waals surface area contributed by atoms with Crippen molar-refractivity contribution in [3.05, 3.63) is 72.4 Å². The average Bonchev–Trinajstić information content (AvgIpc) is 3.39. The van der Waals surface area contributed by atoms with Crippen LogP contribution in [0.3, 0.4) is 0 Å². The number of fused-ring (bicyclic) bond motifs is 1. The first-order chi connectivity index (χ1) is 15.9. The van der Waals surface area contributed by atoms with E-state index in [1.165, 1.54) is 0 Å². The zero-order chi connectivity index (χ0) is 23.0. The molecule has 2 aromatic carbocycles. The van der Waals surface area contributed by atoms with E-state index in [2.05, 4.69) is 20.0 Å². The molecule has 1 fully saturated rings. The molecule has 5 rings (SSSR count). The second-order valence-electron chi connectivity index (χ2n) is 8.47. The maximum atomic E-state index is 12.8. The summed E-state index contributed by atoms with van der Waals surface area (Å²) in [6.07, 6.45) is 2.60. The predicted molar refractivity (Wildman–Crippen MR) is 129 cm³/mol. The molecule has 0 bridgehead atoms. The summed E-state index contributed by atoms with van der Waals surface area (Å²) < 4.78 is 30.1. The van der Waals surface area contributed by atoms with E-state index in [1.807, 2.05) is 50.4 Å². The summed E-state index contributed by atoms with van der Waals surface area (Å²) in [6.45, 7) is 3.60. The molecule has 170 valence electrons. The van der Waals surface area contributed by atoms with Crippen molar-refractivity contribution in [2.75, 3.05) is 25.5 Å². The van der Waals surface area contributed by atoms with Gasteiger partial charge >= 0.3 is 0 Å². The predicted octanol–water partition coefficient (Wildman–Crippen LogP) is 3.43. The quantitative estimate of drug-likeness (QED) is 0.456. The number of nitrogens with zero attached hydrogens (tertiary/aromatic N) is 4. The zero-order valence-electron chi connectivity index (χ0n) is 18.6. The minimum absolute atomic E-state index is 0.0534. The van der Waals surface area contributed by atoms with E-state index in [-0.39, 0.29) is 10.9 Å². The lowest BCUT2D eigenvalue weighted by Crippen LogP contribution is -2.36. The molecular formula is C24H26N6O2S. The van der Waals surface area contributed by atoms with Gasteiger partial charge in [-0.05, 0) is 51.2 Å². The number of benzene rings is 2. The van der Waals surface area contributed by atoms with Gasteiger partial charge in [-0.15, -0.1) is 0 Å². The van der Waals surface area contributed by atoms with Crippen molar-refractivity contribution in [2.45, 2.75) is 24.3 Å². The van der Waals surface area contributed by atoms with Crippen LogP contribution in [0.1, 0.15) is 12.0 Å². The number of hydrogen-bond donors (Lipinski definition) is 2. The summed E-state index contributed by atoms with van der Waals surface area (Å²) in [5.74, 6) is 0.745. The van der Waals surface area contributed by atoms with E-state index in [0.717, 1.165) is 53.5 Å². The van der Waals surface area contributed by atoms with Crippen LogP contribution in [0.5, 0.6) is 0 Å². The van der Waals surface area contributed by atoms with Crippen LogP contribution in [-0.2, 0) is 10.0 Å². The first kappa shape index (κ1) is 21.6. The van der Waals surface area contributed by atoms with Crippen LogP contribution in [0, 0.1) is 6.92 Å². The SMILES string of the molecule is Cc1cnn2c(Nc3ccc(S(=O)(=O)NC4CCN(C)C4)cc3)cc(-c3ccccc3)nc12. The molecule has 8 nitrogen and oxygen atoms in total. The highest BCUT2D eigenvalue weighted by Crippen LogP contribution is 2.26. The fourth-order valence-corrected chi connectivity index (χ4v) is 5.36. The first-order valence-electron chi connectivity index (χ1n) is 10.9. The Morgan fingerprint density at radius 3 is 2.52 bits per heavy atom. The number of hydrogen-bond acceptors (Lipinski definition) is 6. The van der Waals surface area contributed by atoms with Gasteiger partial charge in [-0.3, -0.25) is 0 Å². The highest BCUT2D eigenvalue weighted by Gasteiger charge is 2.25. The molecule has 3 heterocycles. The van der Waals surface area contributed by atoms with Crippen molar-refractivity contribution in [1.29, 1.82) is 0 Å². The fourth-order valence-electron chi connectivity index (χ4n) is 4.10. The number of likely N-dealkylation sites (N-methyl/N-ethyl adjacent to an activating group) is 1. The standard InChI is InChI=1S/C24H26N6O2S/c1-17-15-25-30-23(14-22(27-24(17)30)18-6-4-3-5-7-18)26-19-8-10-21(11-9-19)33(31,32)28-20-12-13-29(2)16-20/h3-11,14-15,20,26,28H,12-13,16H2,1-2H3. The molecule has 0 amide bonds. The highest BCUT2D eigenvalue weighted by molar-refractivity contribution is 7.89. The normalized spacial score (nSPS) is 17.0. The Balaban J connectivity index is 1.42. The van der Waals surface area contributed by atoms with Crippen molar-refractivity contribution in [1.82, 2.24) is 24.2 Å². The number of nitrogens with one attached hydrogen (secondary N) is 2. The Kier molecular flexibility index (Phi) is 5.61. The summed E-state index contributed by atoms with van der Waals surface area (Å²) in [4.78, 5) is 7.15. The van der Waals surface area contributed by atoms with E-state index < -0.39 is 10.0 Å². The number of sulfonamides is 1. The van der Waals surface area contributed by atoms with Crippen LogP contribution in [0.2, 0.25) is 0 Å². The third-order valence-corrected chi connectivity index (χ3v) is 7.40.